The van der Waals surface area contributed by atoms with Gasteiger partial charge >= 0.3 is 0 Å². The molecule has 0 fully saturated rings. The van der Waals surface area contributed by atoms with Crippen LogP contribution in [-0.4, -0.2) is 10.1 Å². The van der Waals surface area contributed by atoms with Gasteiger partial charge in [-0.1, -0.05) is 5.16 Å². The maximum atomic E-state index is 11.1. The molecule has 1 aromatic carbocycles. The Bertz CT molecular complexity index is 635. The molecule has 0 bridgehead atoms. The Hall–Kier alpha value is -1.64. The Labute approximate surface area is 129 Å². The van der Waals surface area contributed by atoms with Gasteiger partial charge in [-0.2, -0.15) is 0 Å². The number of rotatable bonds is 4. The number of hydrogen-bond acceptors (Lipinski definition) is 5. The third kappa shape index (κ3) is 2.92. The second-order valence-corrected chi connectivity index (χ2v) is 5.77. The average Bonchev–Trinajstić information content (AvgIpc) is 2.71. The molecule has 0 spiro atoms. The Balaban J connectivity index is 2.33. The van der Waals surface area contributed by atoms with E-state index >= 15 is 0 Å². The first-order valence-corrected chi connectivity index (χ1v) is 7.11. The van der Waals surface area contributed by atoms with Gasteiger partial charge in [-0.05, 0) is 55.5 Å². The van der Waals surface area contributed by atoms with Crippen molar-refractivity contribution in [3.8, 4) is 0 Å². The van der Waals surface area contributed by atoms with E-state index in [0.717, 1.165) is 20.6 Å². The lowest BCUT2D eigenvalue weighted by molar-refractivity contribution is -0.384. The van der Waals surface area contributed by atoms with E-state index in [1.54, 1.807) is 12.1 Å². The van der Waals surface area contributed by atoms with E-state index in [1.165, 1.54) is 0 Å². The number of aryl methyl sites for hydroxylation is 2. The molecule has 7 heteroatoms. The van der Waals surface area contributed by atoms with Crippen molar-refractivity contribution >= 4 is 34.0 Å². The number of nitrogens with one attached hydrogen (secondary N) is 1. The van der Waals surface area contributed by atoms with Crippen molar-refractivity contribution in [3.63, 3.8) is 0 Å². The van der Waals surface area contributed by atoms with Gasteiger partial charge in [0, 0.05) is 15.2 Å². The number of nitro benzene ring substituents is 1. The lowest BCUT2D eigenvalue weighted by Gasteiger charge is -2.15. The van der Waals surface area contributed by atoms with Gasteiger partial charge in [0.2, 0.25) is 0 Å². The van der Waals surface area contributed by atoms with Crippen LogP contribution in [0.4, 0.5) is 11.4 Å². The van der Waals surface area contributed by atoms with Crippen LogP contribution in [0.1, 0.15) is 30.0 Å². The molecule has 1 atom stereocenters. The smallest absolute Gasteiger partial charge is 0.293 e. The molecule has 0 radical (unpaired) electrons. The van der Waals surface area contributed by atoms with Crippen molar-refractivity contribution in [1.29, 1.82) is 0 Å². The Morgan fingerprint density at radius 1 is 1.45 bits per heavy atom. The van der Waals surface area contributed by atoms with Crippen molar-refractivity contribution in [2.75, 3.05) is 5.32 Å². The van der Waals surface area contributed by atoms with Gasteiger partial charge in [-0.25, -0.2) is 0 Å². The zero-order chi connectivity index (χ0) is 14.9. The van der Waals surface area contributed by atoms with E-state index < -0.39 is 0 Å². The average molecular weight is 387 g/mol. The summed E-state index contributed by atoms with van der Waals surface area (Å²) in [6, 6.07) is 4.97. The number of anilines is 1. The number of halogens is 1. The van der Waals surface area contributed by atoms with Gasteiger partial charge in [0.05, 0.1) is 16.7 Å². The van der Waals surface area contributed by atoms with Crippen molar-refractivity contribution in [2.45, 2.75) is 26.8 Å². The molecule has 6 nitrogen and oxygen atoms in total. The second-order valence-electron chi connectivity index (χ2n) is 4.52. The molecular weight excluding hydrogens is 373 g/mol. The summed E-state index contributed by atoms with van der Waals surface area (Å²) in [7, 11) is 0. The lowest BCUT2D eigenvalue weighted by Crippen LogP contribution is -2.10. The minimum absolute atomic E-state index is 0.0653. The van der Waals surface area contributed by atoms with Crippen LogP contribution in [0.15, 0.2) is 22.7 Å². The van der Waals surface area contributed by atoms with Crippen LogP contribution in [-0.2, 0) is 0 Å². The van der Waals surface area contributed by atoms with Crippen molar-refractivity contribution in [1.82, 2.24) is 5.16 Å². The van der Waals surface area contributed by atoms with Gasteiger partial charge in [-0.15, -0.1) is 0 Å². The summed E-state index contributed by atoms with van der Waals surface area (Å²) in [5.74, 6) is 0.718. The third-order valence-electron chi connectivity index (χ3n) is 3.05. The fourth-order valence-corrected chi connectivity index (χ4v) is 2.67. The highest BCUT2D eigenvalue weighted by Gasteiger charge is 2.20. The van der Waals surface area contributed by atoms with E-state index in [2.05, 4.69) is 33.1 Å². The molecule has 0 amide bonds. The summed E-state index contributed by atoms with van der Waals surface area (Å²) >= 11 is 2.05. The predicted molar refractivity (Wildman–Crippen MR) is 83.8 cm³/mol. The highest BCUT2D eigenvalue weighted by Crippen LogP contribution is 2.31. The molecule has 2 rings (SSSR count). The summed E-state index contributed by atoms with van der Waals surface area (Å²) in [6.07, 6.45) is 0. The van der Waals surface area contributed by atoms with Crippen molar-refractivity contribution in [2.24, 2.45) is 0 Å². The molecule has 0 saturated heterocycles. The minimum Gasteiger partial charge on any atom is -0.373 e. The van der Waals surface area contributed by atoms with E-state index in [-0.39, 0.29) is 16.7 Å². The van der Waals surface area contributed by atoms with E-state index in [0.29, 0.717) is 5.69 Å². The highest BCUT2D eigenvalue weighted by atomic mass is 127. The zero-order valence-corrected chi connectivity index (χ0v) is 13.5. The maximum Gasteiger partial charge on any atom is 0.293 e. The van der Waals surface area contributed by atoms with Gasteiger partial charge in [0.15, 0.2) is 0 Å². The van der Waals surface area contributed by atoms with Gasteiger partial charge < -0.3 is 9.84 Å². The van der Waals surface area contributed by atoms with Crippen LogP contribution in [0.5, 0.6) is 0 Å². The van der Waals surface area contributed by atoms with Crippen LogP contribution in [0.3, 0.4) is 0 Å². The summed E-state index contributed by atoms with van der Waals surface area (Å²) in [4.78, 5) is 10.7. The van der Waals surface area contributed by atoms with E-state index in [4.69, 9.17) is 4.52 Å². The molecule has 0 aliphatic rings. The normalized spacial score (nSPS) is 12.2. The summed E-state index contributed by atoms with van der Waals surface area (Å²) in [5.41, 5.74) is 2.27. The topological polar surface area (TPSA) is 81.2 Å². The molecule has 0 saturated carbocycles. The van der Waals surface area contributed by atoms with Gasteiger partial charge in [-0.3, -0.25) is 10.1 Å². The van der Waals surface area contributed by atoms with Crippen LogP contribution in [0.25, 0.3) is 0 Å². The second kappa shape index (κ2) is 5.78. The third-order valence-corrected chi connectivity index (χ3v) is 3.72. The van der Waals surface area contributed by atoms with Crippen LogP contribution in [0.2, 0.25) is 0 Å². The first kappa shape index (κ1) is 14.8. The molecule has 1 unspecified atom stereocenters. The number of nitrogens with zero attached hydrogens (tertiary/aromatic N) is 2. The molecule has 1 N–H and O–H groups in total. The molecule has 20 heavy (non-hydrogen) atoms. The Morgan fingerprint density at radius 3 is 2.70 bits per heavy atom. The Morgan fingerprint density at radius 2 is 2.15 bits per heavy atom. The maximum absolute atomic E-state index is 11.1. The van der Waals surface area contributed by atoms with Gasteiger partial charge in [0.1, 0.15) is 11.4 Å². The van der Waals surface area contributed by atoms with Crippen molar-refractivity contribution < 1.29 is 9.45 Å². The first-order chi connectivity index (χ1) is 9.40. The minimum atomic E-state index is -0.384. The van der Waals surface area contributed by atoms with Crippen LogP contribution >= 0.6 is 22.6 Å². The summed E-state index contributed by atoms with van der Waals surface area (Å²) in [6.45, 7) is 5.61. The number of benzene rings is 1. The van der Waals surface area contributed by atoms with E-state index in [9.17, 15) is 10.1 Å². The summed E-state index contributed by atoms with van der Waals surface area (Å²) in [5, 5.41) is 18.2. The fraction of sp³-hybridized carbons (Fsp3) is 0.308. The summed E-state index contributed by atoms with van der Waals surface area (Å²) < 4.78 is 5.95. The molecule has 0 aliphatic heterocycles. The molecule has 106 valence electrons. The monoisotopic (exact) mass is 387 g/mol. The van der Waals surface area contributed by atoms with Gasteiger partial charge in [0.25, 0.3) is 5.69 Å². The SMILES string of the molecule is Cc1noc(C)c1C(C)Nc1ccc(I)cc1[N+](=O)[O-]. The molecule has 1 heterocycles. The quantitative estimate of drug-likeness (QED) is 0.488. The van der Waals surface area contributed by atoms with Crippen LogP contribution in [0, 0.1) is 27.5 Å². The number of aromatic nitrogens is 1. The fourth-order valence-electron chi connectivity index (χ4n) is 2.19. The Kier molecular flexibility index (Phi) is 4.26. The molecule has 1 aromatic heterocycles. The largest absolute Gasteiger partial charge is 0.373 e. The predicted octanol–water partition coefficient (Wildman–Crippen LogP) is 3.98. The van der Waals surface area contributed by atoms with E-state index in [1.807, 2.05) is 26.8 Å². The number of hydrogen-bond donors (Lipinski definition) is 1. The lowest BCUT2D eigenvalue weighted by atomic mass is 10.1. The standard InChI is InChI=1S/C13H14IN3O3/c1-7(13-8(2)16-20-9(13)3)15-11-5-4-10(14)6-12(11)17(18)19/h4-7,15H,1-3H3. The molecular formula is C13H14IN3O3. The zero-order valence-electron chi connectivity index (χ0n) is 11.3. The van der Waals surface area contributed by atoms with Crippen molar-refractivity contribution in [3.05, 3.63) is 48.9 Å². The first-order valence-electron chi connectivity index (χ1n) is 6.03. The molecule has 0 aliphatic carbocycles. The molecule has 2 aromatic rings. The van der Waals surface area contributed by atoms with Crippen LogP contribution < -0.4 is 5.32 Å². The highest BCUT2D eigenvalue weighted by molar-refractivity contribution is 14.1. The number of nitro groups is 1.